The first-order chi connectivity index (χ1) is 13.6. The number of carbonyl (C=O) groups is 2. The Bertz CT molecular complexity index is 1140. The standard InChI is InChI=1S/C21H18N4O3/c26-19(11-10-14-12-22-18-9-5-4-8-16(14)18)24-20-17(21(27)28)13-23-25(20)15-6-2-1-3-7-15/h1-9,12-13,22H,10-11H2,(H,24,26)(H,27,28). The molecule has 140 valence electrons. The molecular formula is C21H18N4O3. The van der Waals surface area contributed by atoms with Crippen molar-refractivity contribution in [3.8, 4) is 5.69 Å². The monoisotopic (exact) mass is 374 g/mol. The van der Waals surface area contributed by atoms with Crippen LogP contribution in [0.25, 0.3) is 16.6 Å². The molecule has 0 saturated carbocycles. The smallest absolute Gasteiger partial charge is 0.341 e. The highest BCUT2D eigenvalue weighted by atomic mass is 16.4. The third-order valence-corrected chi connectivity index (χ3v) is 4.55. The summed E-state index contributed by atoms with van der Waals surface area (Å²) in [4.78, 5) is 27.3. The van der Waals surface area contributed by atoms with E-state index in [1.54, 1.807) is 12.1 Å². The Morgan fingerprint density at radius 2 is 1.82 bits per heavy atom. The molecule has 0 aliphatic heterocycles. The van der Waals surface area contributed by atoms with Crippen LogP contribution in [-0.4, -0.2) is 31.7 Å². The van der Waals surface area contributed by atoms with Gasteiger partial charge in [0.05, 0.1) is 11.9 Å². The SMILES string of the molecule is O=C(CCc1c[nH]c2ccccc12)Nc1c(C(=O)O)cnn1-c1ccccc1. The minimum atomic E-state index is -1.14. The number of rotatable bonds is 6. The van der Waals surface area contributed by atoms with Gasteiger partial charge in [-0.15, -0.1) is 0 Å². The Morgan fingerprint density at radius 3 is 2.61 bits per heavy atom. The van der Waals surface area contributed by atoms with Gasteiger partial charge in [0.1, 0.15) is 5.56 Å². The number of carboxylic acid groups (broad SMARTS) is 1. The Kier molecular flexibility index (Phi) is 4.63. The number of carbonyl (C=O) groups excluding carboxylic acids is 1. The number of amides is 1. The van der Waals surface area contributed by atoms with Crippen molar-refractivity contribution in [3.05, 3.63) is 78.1 Å². The molecule has 7 heteroatoms. The van der Waals surface area contributed by atoms with Gasteiger partial charge in [-0.2, -0.15) is 5.10 Å². The van der Waals surface area contributed by atoms with E-state index < -0.39 is 5.97 Å². The quantitative estimate of drug-likeness (QED) is 0.480. The summed E-state index contributed by atoms with van der Waals surface area (Å²) >= 11 is 0. The van der Waals surface area contributed by atoms with Gasteiger partial charge in [0.25, 0.3) is 0 Å². The largest absolute Gasteiger partial charge is 0.477 e. The number of H-pyrrole nitrogens is 1. The summed E-state index contributed by atoms with van der Waals surface area (Å²) in [6.45, 7) is 0. The second-order valence-corrected chi connectivity index (χ2v) is 6.37. The maximum absolute atomic E-state index is 12.5. The number of aryl methyl sites for hydroxylation is 1. The number of para-hydroxylation sites is 2. The van der Waals surface area contributed by atoms with E-state index in [1.165, 1.54) is 10.9 Å². The second-order valence-electron chi connectivity index (χ2n) is 6.37. The van der Waals surface area contributed by atoms with Crippen LogP contribution < -0.4 is 5.32 Å². The predicted octanol–water partition coefficient (Wildman–Crippen LogP) is 3.62. The van der Waals surface area contributed by atoms with Crippen molar-refractivity contribution < 1.29 is 14.7 Å². The lowest BCUT2D eigenvalue weighted by Gasteiger charge is -2.10. The lowest BCUT2D eigenvalue weighted by atomic mass is 10.1. The number of hydrogen-bond donors (Lipinski definition) is 3. The fraction of sp³-hybridized carbons (Fsp3) is 0.0952. The van der Waals surface area contributed by atoms with E-state index >= 15 is 0 Å². The molecule has 7 nitrogen and oxygen atoms in total. The molecule has 2 aromatic carbocycles. The number of anilines is 1. The third kappa shape index (κ3) is 3.37. The van der Waals surface area contributed by atoms with E-state index in [2.05, 4.69) is 15.4 Å². The molecule has 0 aliphatic rings. The number of fused-ring (bicyclic) bond motifs is 1. The maximum Gasteiger partial charge on any atom is 0.341 e. The van der Waals surface area contributed by atoms with Gasteiger partial charge in [0, 0.05) is 23.5 Å². The van der Waals surface area contributed by atoms with Crippen LogP contribution in [0, 0.1) is 0 Å². The first-order valence-electron chi connectivity index (χ1n) is 8.85. The van der Waals surface area contributed by atoms with Gasteiger partial charge >= 0.3 is 5.97 Å². The van der Waals surface area contributed by atoms with Crippen LogP contribution in [0.4, 0.5) is 5.82 Å². The van der Waals surface area contributed by atoms with Gasteiger partial charge in [-0.3, -0.25) is 4.79 Å². The summed E-state index contributed by atoms with van der Waals surface area (Å²) in [6.07, 6.45) is 3.90. The highest BCUT2D eigenvalue weighted by Gasteiger charge is 2.20. The Morgan fingerprint density at radius 1 is 1.07 bits per heavy atom. The maximum atomic E-state index is 12.5. The molecular weight excluding hydrogens is 356 g/mol. The van der Waals surface area contributed by atoms with Crippen LogP contribution in [0.2, 0.25) is 0 Å². The van der Waals surface area contributed by atoms with Gasteiger partial charge in [-0.1, -0.05) is 36.4 Å². The summed E-state index contributed by atoms with van der Waals surface area (Å²) in [5.41, 5.74) is 2.68. The molecule has 4 rings (SSSR count). The molecule has 0 unspecified atom stereocenters. The molecule has 2 aromatic heterocycles. The van der Waals surface area contributed by atoms with E-state index in [9.17, 15) is 14.7 Å². The van der Waals surface area contributed by atoms with Crippen molar-refractivity contribution in [2.24, 2.45) is 0 Å². The van der Waals surface area contributed by atoms with Gasteiger partial charge < -0.3 is 15.4 Å². The number of carboxylic acids is 1. The van der Waals surface area contributed by atoms with E-state index in [0.717, 1.165) is 16.5 Å². The molecule has 0 fully saturated rings. The van der Waals surface area contributed by atoms with Crippen molar-refractivity contribution in [1.29, 1.82) is 0 Å². The van der Waals surface area contributed by atoms with Crippen molar-refractivity contribution in [2.45, 2.75) is 12.8 Å². The molecule has 4 aromatic rings. The van der Waals surface area contributed by atoms with Crippen molar-refractivity contribution in [3.63, 3.8) is 0 Å². The van der Waals surface area contributed by atoms with Crippen LogP contribution >= 0.6 is 0 Å². The van der Waals surface area contributed by atoms with Crippen LogP contribution in [-0.2, 0) is 11.2 Å². The number of aromatic nitrogens is 3. The fourth-order valence-electron chi connectivity index (χ4n) is 3.17. The average Bonchev–Trinajstić information content (AvgIpc) is 3.31. The first-order valence-corrected chi connectivity index (χ1v) is 8.85. The summed E-state index contributed by atoms with van der Waals surface area (Å²) in [5, 5.41) is 17.4. The van der Waals surface area contributed by atoms with E-state index in [1.807, 2.05) is 48.7 Å². The van der Waals surface area contributed by atoms with Crippen LogP contribution in [0.1, 0.15) is 22.3 Å². The predicted molar refractivity (Wildman–Crippen MR) is 106 cm³/mol. The molecule has 28 heavy (non-hydrogen) atoms. The number of hydrogen-bond acceptors (Lipinski definition) is 3. The number of nitrogens with zero attached hydrogens (tertiary/aromatic N) is 2. The van der Waals surface area contributed by atoms with Crippen molar-refractivity contribution >= 4 is 28.6 Å². The number of aromatic amines is 1. The Hall–Kier alpha value is -3.87. The number of benzene rings is 2. The number of nitrogens with one attached hydrogen (secondary N) is 2. The summed E-state index contributed by atoms with van der Waals surface area (Å²) in [5.74, 6) is -1.26. The lowest BCUT2D eigenvalue weighted by Crippen LogP contribution is -2.17. The summed E-state index contributed by atoms with van der Waals surface area (Å²) in [7, 11) is 0. The van der Waals surface area contributed by atoms with Crippen molar-refractivity contribution in [2.75, 3.05) is 5.32 Å². The van der Waals surface area contributed by atoms with Crippen LogP contribution in [0.15, 0.2) is 67.0 Å². The zero-order valence-corrected chi connectivity index (χ0v) is 14.9. The normalized spacial score (nSPS) is 10.9. The van der Waals surface area contributed by atoms with E-state index in [4.69, 9.17) is 0 Å². The molecule has 2 heterocycles. The molecule has 0 saturated heterocycles. The molecule has 0 bridgehead atoms. The molecule has 0 aliphatic carbocycles. The van der Waals surface area contributed by atoms with Crippen LogP contribution in [0.3, 0.4) is 0 Å². The fourth-order valence-corrected chi connectivity index (χ4v) is 3.17. The van der Waals surface area contributed by atoms with E-state index in [0.29, 0.717) is 12.1 Å². The minimum Gasteiger partial charge on any atom is -0.477 e. The van der Waals surface area contributed by atoms with Crippen LogP contribution in [0.5, 0.6) is 0 Å². The second kappa shape index (κ2) is 7.40. The molecule has 0 radical (unpaired) electrons. The summed E-state index contributed by atoms with van der Waals surface area (Å²) in [6, 6.07) is 17.0. The van der Waals surface area contributed by atoms with Gasteiger partial charge in [0.15, 0.2) is 5.82 Å². The van der Waals surface area contributed by atoms with Gasteiger partial charge in [-0.25, -0.2) is 9.48 Å². The molecule has 3 N–H and O–H groups in total. The molecule has 1 amide bonds. The summed E-state index contributed by atoms with van der Waals surface area (Å²) < 4.78 is 1.42. The molecule has 0 spiro atoms. The zero-order valence-electron chi connectivity index (χ0n) is 14.9. The zero-order chi connectivity index (χ0) is 19.5. The Labute approximate surface area is 160 Å². The lowest BCUT2D eigenvalue weighted by molar-refractivity contribution is -0.116. The molecule has 0 atom stereocenters. The number of aromatic carboxylic acids is 1. The third-order valence-electron chi connectivity index (χ3n) is 4.55. The van der Waals surface area contributed by atoms with Gasteiger partial charge in [-0.05, 0) is 30.2 Å². The average molecular weight is 374 g/mol. The topological polar surface area (TPSA) is 100 Å². The minimum absolute atomic E-state index is 0.0516. The highest BCUT2D eigenvalue weighted by molar-refractivity contribution is 5.99. The highest BCUT2D eigenvalue weighted by Crippen LogP contribution is 2.22. The van der Waals surface area contributed by atoms with Gasteiger partial charge in [0.2, 0.25) is 5.91 Å². The van der Waals surface area contributed by atoms with E-state index in [-0.39, 0.29) is 23.7 Å². The van der Waals surface area contributed by atoms with Crippen molar-refractivity contribution in [1.82, 2.24) is 14.8 Å². The Balaban J connectivity index is 1.54. The first kappa shape index (κ1) is 17.5.